The minimum absolute atomic E-state index is 0.128. The van der Waals surface area contributed by atoms with Gasteiger partial charge in [0.05, 0.1) is 15.6 Å². The number of nitrogens with zero attached hydrogens (tertiary/aromatic N) is 1. The van der Waals surface area contributed by atoms with Crippen molar-refractivity contribution < 1.29 is 8.42 Å². The molecule has 0 heterocycles. The third-order valence-electron chi connectivity index (χ3n) is 1.89. The Kier molecular flexibility index (Phi) is 3.80. The van der Waals surface area contributed by atoms with Gasteiger partial charge in [-0.05, 0) is 24.6 Å². The lowest BCUT2D eigenvalue weighted by molar-refractivity contribution is 0.364. The van der Waals surface area contributed by atoms with E-state index in [1.54, 1.807) is 21.0 Å². The monoisotopic (exact) mass is 263 g/mol. The van der Waals surface area contributed by atoms with Crippen molar-refractivity contribution in [3.8, 4) is 0 Å². The highest BCUT2D eigenvalue weighted by molar-refractivity contribution is 7.89. The molecule has 0 fully saturated rings. The molecule has 1 rings (SSSR count). The van der Waals surface area contributed by atoms with Crippen molar-refractivity contribution >= 4 is 27.3 Å². The van der Waals surface area contributed by atoms with Gasteiger partial charge in [-0.15, -0.1) is 4.83 Å². The maximum absolute atomic E-state index is 11.9. The van der Waals surface area contributed by atoms with E-state index in [-0.39, 0.29) is 10.6 Å². The van der Waals surface area contributed by atoms with Gasteiger partial charge >= 0.3 is 0 Å². The molecule has 1 aromatic rings. The quantitative estimate of drug-likeness (QED) is 0.630. The lowest BCUT2D eigenvalue weighted by atomic mass is 10.2. The van der Waals surface area contributed by atoms with E-state index in [0.717, 1.165) is 0 Å². The molecule has 0 aliphatic heterocycles. The molecule has 1 aromatic carbocycles. The molecule has 0 saturated heterocycles. The fourth-order valence-electron chi connectivity index (χ4n) is 1.25. The molecule has 5 nitrogen and oxygen atoms in total. The van der Waals surface area contributed by atoms with Crippen LogP contribution in [0.5, 0.6) is 0 Å². The zero-order valence-corrected chi connectivity index (χ0v) is 10.9. The van der Waals surface area contributed by atoms with Crippen molar-refractivity contribution in [2.75, 3.05) is 19.8 Å². The van der Waals surface area contributed by atoms with E-state index in [0.29, 0.717) is 10.6 Å². The molecule has 0 unspecified atom stereocenters. The van der Waals surface area contributed by atoms with Gasteiger partial charge in [0.25, 0.3) is 10.0 Å². The van der Waals surface area contributed by atoms with E-state index in [1.165, 1.54) is 17.1 Å². The van der Waals surface area contributed by atoms with Crippen LogP contribution in [-0.4, -0.2) is 27.5 Å². The summed E-state index contributed by atoms with van der Waals surface area (Å²) in [7, 11) is -0.413. The first-order chi connectivity index (χ1) is 7.24. The van der Waals surface area contributed by atoms with Crippen LogP contribution in [0.15, 0.2) is 17.0 Å². The van der Waals surface area contributed by atoms with E-state index >= 15 is 0 Å². The van der Waals surface area contributed by atoms with Crippen LogP contribution in [0.1, 0.15) is 5.56 Å². The van der Waals surface area contributed by atoms with Gasteiger partial charge < -0.3 is 5.73 Å². The van der Waals surface area contributed by atoms with Crippen molar-refractivity contribution in [1.82, 2.24) is 9.84 Å². The van der Waals surface area contributed by atoms with E-state index in [2.05, 4.69) is 4.83 Å². The second-order valence-corrected chi connectivity index (χ2v) is 5.66. The van der Waals surface area contributed by atoms with Crippen molar-refractivity contribution in [3.05, 3.63) is 22.7 Å². The van der Waals surface area contributed by atoms with Crippen LogP contribution in [-0.2, 0) is 10.0 Å². The topological polar surface area (TPSA) is 75.4 Å². The van der Waals surface area contributed by atoms with Gasteiger partial charge in [0, 0.05) is 14.1 Å². The summed E-state index contributed by atoms with van der Waals surface area (Å²) in [5.41, 5.74) is 6.37. The van der Waals surface area contributed by atoms with Crippen LogP contribution >= 0.6 is 11.6 Å². The standard InChI is InChI=1S/C9H14ClN3O2S/c1-6-4-7(10)8(11)5-9(6)16(14,15)12-13(2)3/h4-5,12H,11H2,1-3H3. The molecule has 0 saturated carbocycles. The van der Waals surface area contributed by atoms with Crippen molar-refractivity contribution in [2.24, 2.45) is 0 Å². The Morgan fingerprint density at radius 3 is 2.44 bits per heavy atom. The van der Waals surface area contributed by atoms with Crippen LogP contribution < -0.4 is 10.6 Å². The highest BCUT2D eigenvalue weighted by atomic mass is 35.5. The average molecular weight is 264 g/mol. The Labute approximate surface area is 100 Å². The number of hydrogen-bond donors (Lipinski definition) is 2. The summed E-state index contributed by atoms with van der Waals surface area (Å²) < 4.78 is 23.8. The third-order valence-corrected chi connectivity index (χ3v) is 3.84. The van der Waals surface area contributed by atoms with E-state index in [4.69, 9.17) is 17.3 Å². The molecular weight excluding hydrogens is 250 g/mol. The number of nitrogen functional groups attached to an aromatic ring is 1. The van der Waals surface area contributed by atoms with Gasteiger partial charge in [-0.2, -0.15) is 0 Å². The van der Waals surface area contributed by atoms with E-state index < -0.39 is 10.0 Å². The fourth-order valence-corrected chi connectivity index (χ4v) is 2.81. The first-order valence-electron chi connectivity index (χ1n) is 4.49. The number of nitrogens with two attached hydrogens (primary N) is 1. The van der Waals surface area contributed by atoms with E-state index in [9.17, 15) is 8.42 Å². The Morgan fingerprint density at radius 1 is 1.38 bits per heavy atom. The van der Waals surface area contributed by atoms with Crippen LogP contribution in [0.25, 0.3) is 0 Å². The van der Waals surface area contributed by atoms with Gasteiger partial charge in [-0.25, -0.2) is 13.4 Å². The fraction of sp³-hybridized carbons (Fsp3) is 0.333. The van der Waals surface area contributed by atoms with Crippen molar-refractivity contribution in [2.45, 2.75) is 11.8 Å². The highest BCUT2D eigenvalue weighted by Gasteiger charge is 2.18. The zero-order valence-electron chi connectivity index (χ0n) is 9.28. The van der Waals surface area contributed by atoms with Crippen LogP contribution in [0.4, 0.5) is 5.69 Å². The molecule has 0 aromatic heterocycles. The number of benzene rings is 1. The number of sulfonamides is 1. The number of aryl methyl sites for hydroxylation is 1. The van der Waals surface area contributed by atoms with Crippen molar-refractivity contribution in [1.29, 1.82) is 0 Å². The molecule has 16 heavy (non-hydrogen) atoms. The molecule has 90 valence electrons. The summed E-state index contributed by atoms with van der Waals surface area (Å²) in [5.74, 6) is 0. The number of nitrogens with one attached hydrogen (secondary N) is 1. The largest absolute Gasteiger partial charge is 0.397 e. The number of halogens is 1. The maximum atomic E-state index is 11.9. The minimum atomic E-state index is -3.59. The predicted octanol–water partition coefficient (Wildman–Crippen LogP) is 0.986. The molecule has 0 aliphatic rings. The summed E-state index contributed by atoms with van der Waals surface area (Å²) >= 11 is 5.79. The second-order valence-electron chi connectivity index (χ2n) is 3.63. The smallest absolute Gasteiger partial charge is 0.253 e. The summed E-state index contributed by atoms with van der Waals surface area (Å²) in [6.07, 6.45) is 0. The van der Waals surface area contributed by atoms with Gasteiger partial charge in [0.1, 0.15) is 0 Å². The molecular formula is C9H14ClN3O2S. The summed E-state index contributed by atoms with van der Waals surface area (Å²) in [4.78, 5) is 2.46. The molecule has 0 amide bonds. The Balaban J connectivity index is 3.29. The van der Waals surface area contributed by atoms with Crippen LogP contribution in [0.3, 0.4) is 0 Å². The predicted molar refractivity (Wildman–Crippen MR) is 64.6 cm³/mol. The molecule has 0 bridgehead atoms. The Morgan fingerprint density at radius 2 is 1.94 bits per heavy atom. The maximum Gasteiger partial charge on any atom is 0.253 e. The second kappa shape index (κ2) is 4.58. The SMILES string of the molecule is Cc1cc(Cl)c(N)cc1S(=O)(=O)NN(C)C. The lowest BCUT2D eigenvalue weighted by Crippen LogP contribution is -2.36. The minimum Gasteiger partial charge on any atom is -0.397 e. The first-order valence-corrected chi connectivity index (χ1v) is 6.35. The molecule has 0 atom stereocenters. The molecule has 0 radical (unpaired) electrons. The van der Waals surface area contributed by atoms with Crippen LogP contribution in [0, 0.1) is 6.92 Å². The molecule has 3 N–H and O–H groups in total. The number of anilines is 1. The first kappa shape index (κ1) is 13.2. The zero-order chi connectivity index (χ0) is 12.5. The lowest BCUT2D eigenvalue weighted by Gasteiger charge is -2.14. The summed E-state index contributed by atoms with van der Waals surface area (Å²) in [6.45, 7) is 1.66. The average Bonchev–Trinajstić information content (AvgIpc) is 2.08. The van der Waals surface area contributed by atoms with Crippen LogP contribution in [0.2, 0.25) is 5.02 Å². The number of hydrazine groups is 1. The Hall–Kier alpha value is -0.820. The molecule has 0 aliphatic carbocycles. The summed E-state index contributed by atoms with van der Waals surface area (Å²) in [5, 5.41) is 1.70. The van der Waals surface area contributed by atoms with Gasteiger partial charge in [-0.1, -0.05) is 11.6 Å². The summed E-state index contributed by atoms with van der Waals surface area (Å²) in [6, 6.07) is 2.88. The van der Waals surface area contributed by atoms with Crippen molar-refractivity contribution in [3.63, 3.8) is 0 Å². The Bertz CT molecular complexity index is 500. The number of hydrogen-bond acceptors (Lipinski definition) is 4. The highest BCUT2D eigenvalue weighted by Crippen LogP contribution is 2.25. The van der Waals surface area contributed by atoms with Gasteiger partial charge in [0.2, 0.25) is 0 Å². The third kappa shape index (κ3) is 2.85. The van der Waals surface area contributed by atoms with E-state index in [1.807, 2.05) is 0 Å². The normalized spacial score (nSPS) is 12.1. The molecule has 7 heteroatoms. The number of rotatable bonds is 3. The molecule has 0 spiro atoms. The van der Waals surface area contributed by atoms with Gasteiger partial charge in [0.15, 0.2) is 0 Å². The van der Waals surface area contributed by atoms with Gasteiger partial charge in [-0.3, -0.25) is 0 Å².